The number of ether oxygens (including phenoxy) is 1. The van der Waals surface area contributed by atoms with Crippen LogP contribution in [0.15, 0.2) is 48.5 Å². The lowest BCUT2D eigenvalue weighted by atomic mass is 10.00. The van der Waals surface area contributed by atoms with Crippen molar-refractivity contribution in [2.75, 3.05) is 0 Å². The maximum Gasteiger partial charge on any atom is 0.368 e. The van der Waals surface area contributed by atoms with Crippen molar-refractivity contribution in [3.8, 4) is 0 Å². The zero-order chi connectivity index (χ0) is 14.1. The first-order valence-corrected chi connectivity index (χ1v) is 7.21. The van der Waals surface area contributed by atoms with E-state index in [4.69, 9.17) is 4.74 Å². The summed E-state index contributed by atoms with van der Waals surface area (Å²) < 4.78 is 18.4. The minimum atomic E-state index is -0.365. The maximum absolute atomic E-state index is 13.0. The van der Waals surface area contributed by atoms with Gasteiger partial charge in [-0.25, -0.2) is 9.18 Å². The van der Waals surface area contributed by atoms with Crippen molar-refractivity contribution in [2.45, 2.75) is 18.3 Å². The molecule has 1 fully saturated rings. The SMILES string of the molecule is Cc1ccc([C@@H]2SC(=O)O[C@H]2c2ccc(F)cc2)cc1. The minimum Gasteiger partial charge on any atom is -0.448 e. The quantitative estimate of drug-likeness (QED) is 0.742. The van der Waals surface area contributed by atoms with Crippen LogP contribution in [0.3, 0.4) is 0 Å². The van der Waals surface area contributed by atoms with Crippen LogP contribution < -0.4 is 0 Å². The van der Waals surface area contributed by atoms with Gasteiger partial charge in [-0.15, -0.1) is 0 Å². The second-order valence-electron chi connectivity index (χ2n) is 4.79. The average Bonchev–Trinajstić information content (AvgIpc) is 2.82. The van der Waals surface area contributed by atoms with E-state index in [2.05, 4.69) is 0 Å². The largest absolute Gasteiger partial charge is 0.448 e. The molecule has 0 saturated carbocycles. The molecule has 1 aliphatic heterocycles. The van der Waals surface area contributed by atoms with Crippen LogP contribution in [0.2, 0.25) is 0 Å². The second kappa shape index (κ2) is 5.29. The van der Waals surface area contributed by atoms with Crippen molar-refractivity contribution >= 4 is 17.1 Å². The molecule has 0 spiro atoms. The zero-order valence-electron chi connectivity index (χ0n) is 10.9. The molecule has 4 heteroatoms. The van der Waals surface area contributed by atoms with Crippen LogP contribution in [0.4, 0.5) is 9.18 Å². The number of carbonyl (C=O) groups excluding carboxylic acids is 1. The number of rotatable bonds is 2. The summed E-state index contributed by atoms with van der Waals surface area (Å²) in [6, 6.07) is 14.1. The molecule has 1 aliphatic rings. The molecule has 2 aromatic carbocycles. The van der Waals surface area contributed by atoms with Gasteiger partial charge in [0.2, 0.25) is 0 Å². The molecule has 2 atom stereocenters. The molecule has 0 bridgehead atoms. The number of carbonyl (C=O) groups is 1. The van der Waals surface area contributed by atoms with Gasteiger partial charge in [-0.05, 0) is 41.9 Å². The molecule has 1 heterocycles. The lowest BCUT2D eigenvalue weighted by molar-refractivity contribution is 0.133. The molecule has 0 N–H and O–H groups in total. The third-order valence-corrected chi connectivity index (χ3v) is 4.39. The molecular weight excluding hydrogens is 275 g/mol. The lowest BCUT2D eigenvalue weighted by Crippen LogP contribution is -2.05. The standard InChI is InChI=1S/C16H13FO2S/c1-10-2-4-12(5-3-10)15-14(19-16(18)20-15)11-6-8-13(17)9-7-11/h2-9,14-15H,1H3/t14-,15-/m0/s1. The molecule has 2 nitrogen and oxygen atoms in total. The Morgan fingerprint density at radius 1 is 1.00 bits per heavy atom. The molecule has 0 aliphatic carbocycles. The summed E-state index contributed by atoms with van der Waals surface area (Å²) in [6.07, 6.45) is -0.365. The normalized spacial score (nSPS) is 21.8. The van der Waals surface area contributed by atoms with Crippen molar-refractivity contribution in [3.05, 3.63) is 71.0 Å². The summed E-state index contributed by atoms with van der Waals surface area (Å²) in [5.74, 6) is -0.294. The highest BCUT2D eigenvalue weighted by atomic mass is 32.2. The molecule has 3 rings (SSSR count). The molecule has 2 aromatic rings. The summed E-state index contributed by atoms with van der Waals surface area (Å²) >= 11 is 1.18. The van der Waals surface area contributed by atoms with Crippen LogP contribution in [0.25, 0.3) is 0 Å². The number of thioether (sulfide) groups is 1. The van der Waals surface area contributed by atoms with Crippen LogP contribution in [0.5, 0.6) is 0 Å². The smallest absolute Gasteiger partial charge is 0.368 e. The number of aryl methyl sites for hydroxylation is 1. The van der Waals surface area contributed by atoms with Crippen LogP contribution in [-0.4, -0.2) is 5.30 Å². The van der Waals surface area contributed by atoms with E-state index in [9.17, 15) is 9.18 Å². The minimum absolute atomic E-state index is 0.0893. The lowest BCUT2D eigenvalue weighted by Gasteiger charge is -2.17. The van der Waals surface area contributed by atoms with E-state index in [1.165, 1.54) is 29.5 Å². The highest BCUT2D eigenvalue weighted by Gasteiger charge is 2.37. The summed E-state index contributed by atoms with van der Waals surface area (Å²) in [5, 5.41) is -0.376. The predicted octanol–water partition coefficient (Wildman–Crippen LogP) is 4.80. The molecule has 0 unspecified atom stereocenters. The molecule has 0 radical (unpaired) electrons. The van der Waals surface area contributed by atoms with Crippen LogP contribution in [-0.2, 0) is 4.74 Å². The fourth-order valence-electron chi connectivity index (χ4n) is 2.25. The van der Waals surface area contributed by atoms with Gasteiger partial charge < -0.3 is 4.74 Å². The number of halogens is 1. The summed E-state index contributed by atoms with van der Waals surface area (Å²) in [4.78, 5) is 11.6. The molecule has 102 valence electrons. The summed E-state index contributed by atoms with van der Waals surface area (Å²) in [6.45, 7) is 2.02. The van der Waals surface area contributed by atoms with Gasteiger partial charge in [-0.1, -0.05) is 42.0 Å². The number of hydrogen-bond donors (Lipinski definition) is 0. The first kappa shape index (κ1) is 13.2. The average molecular weight is 288 g/mol. The van der Waals surface area contributed by atoms with Gasteiger partial charge in [0.1, 0.15) is 11.9 Å². The second-order valence-corrected chi connectivity index (χ2v) is 5.87. The monoisotopic (exact) mass is 288 g/mol. The number of hydrogen-bond acceptors (Lipinski definition) is 3. The highest BCUT2D eigenvalue weighted by Crippen LogP contribution is 2.49. The van der Waals surface area contributed by atoms with Crippen molar-refractivity contribution < 1.29 is 13.9 Å². The van der Waals surface area contributed by atoms with Crippen molar-refractivity contribution in [1.29, 1.82) is 0 Å². The Morgan fingerprint density at radius 2 is 1.60 bits per heavy atom. The van der Waals surface area contributed by atoms with Crippen LogP contribution >= 0.6 is 11.8 Å². The Morgan fingerprint density at radius 3 is 2.25 bits per heavy atom. The van der Waals surface area contributed by atoms with Crippen LogP contribution in [0.1, 0.15) is 28.0 Å². The van der Waals surface area contributed by atoms with Gasteiger partial charge in [-0.3, -0.25) is 0 Å². The van der Waals surface area contributed by atoms with Crippen molar-refractivity contribution in [3.63, 3.8) is 0 Å². The molecule has 20 heavy (non-hydrogen) atoms. The Labute approximate surface area is 121 Å². The van der Waals surface area contributed by atoms with Gasteiger partial charge in [0, 0.05) is 0 Å². The third-order valence-electron chi connectivity index (χ3n) is 3.33. The third kappa shape index (κ3) is 2.56. The van der Waals surface area contributed by atoms with Gasteiger partial charge in [0.15, 0.2) is 0 Å². The van der Waals surface area contributed by atoms with Crippen LogP contribution in [0, 0.1) is 12.7 Å². The Bertz CT molecular complexity index is 566. The fraction of sp³-hybridized carbons (Fsp3) is 0.188. The molecule has 0 aromatic heterocycles. The Hall–Kier alpha value is -1.81. The first-order chi connectivity index (χ1) is 9.63. The summed E-state index contributed by atoms with van der Waals surface area (Å²) in [7, 11) is 0. The van der Waals surface area contributed by atoms with E-state index >= 15 is 0 Å². The molecule has 1 saturated heterocycles. The van der Waals surface area contributed by atoms with E-state index in [1.54, 1.807) is 12.1 Å². The van der Waals surface area contributed by atoms with E-state index in [-0.39, 0.29) is 22.5 Å². The molecule has 0 amide bonds. The van der Waals surface area contributed by atoms with Gasteiger partial charge in [0.05, 0.1) is 5.25 Å². The zero-order valence-corrected chi connectivity index (χ0v) is 11.7. The maximum atomic E-state index is 13.0. The highest BCUT2D eigenvalue weighted by molar-refractivity contribution is 8.13. The fourth-order valence-corrected chi connectivity index (χ4v) is 3.25. The Kier molecular flexibility index (Phi) is 3.49. The van der Waals surface area contributed by atoms with Crippen molar-refractivity contribution in [2.24, 2.45) is 0 Å². The topological polar surface area (TPSA) is 26.3 Å². The van der Waals surface area contributed by atoms with Gasteiger partial charge >= 0.3 is 5.30 Å². The van der Waals surface area contributed by atoms with E-state index in [1.807, 2.05) is 31.2 Å². The first-order valence-electron chi connectivity index (χ1n) is 6.33. The van der Waals surface area contributed by atoms with E-state index in [0.29, 0.717) is 0 Å². The van der Waals surface area contributed by atoms with Gasteiger partial charge in [0.25, 0.3) is 0 Å². The van der Waals surface area contributed by atoms with E-state index < -0.39 is 0 Å². The number of benzene rings is 2. The molecular formula is C16H13FO2S. The Balaban J connectivity index is 1.94. The summed E-state index contributed by atoms with van der Waals surface area (Å²) in [5.41, 5.74) is 3.03. The van der Waals surface area contributed by atoms with E-state index in [0.717, 1.165) is 11.1 Å². The predicted molar refractivity (Wildman–Crippen MR) is 77.1 cm³/mol. The van der Waals surface area contributed by atoms with Gasteiger partial charge in [-0.2, -0.15) is 0 Å². The number of cyclic esters (lactones) is 1. The van der Waals surface area contributed by atoms with Crippen molar-refractivity contribution in [1.82, 2.24) is 0 Å².